The van der Waals surface area contributed by atoms with Crippen molar-refractivity contribution in [3.8, 4) is 0 Å². The molecule has 0 amide bonds. The molecule has 0 spiro atoms. The molecule has 1 aromatic rings. The monoisotopic (exact) mass is 255 g/mol. The van der Waals surface area contributed by atoms with Gasteiger partial charge in [0.15, 0.2) is 0 Å². The molecule has 17 heavy (non-hydrogen) atoms. The lowest BCUT2D eigenvalue weighted by molar-refractivity contribution is 0.232. The van der Waals surface area contributed by atoms with Crippen LogP contribution in [0.1, 0.15) is 39.5 Å². The summed E-state index contributed by atoms with van der Waals surface area (Å²) in [7, 11) is 0. The highest BCUT2D eigenvalue weighted by atomic mass is 35.5. The van der Waals surface area contributed by atoms with Gasteiger partial charge in [-0.2, -0.15) is 0 Å². The Balaban J connectivity index is 2.00. The van der Waals surface area contributed by atoms with E-state index in [0.29, 0.717) is 22.2 Å². The number of hydrogen-bond donors (Lipinski definition) is 1. The van der Waals surface area contributed by atoms with Crippen LogP contribution in [0.15, 0.2) is 18.2 Å². The van der Waals surface area contributed by atoms with Crippen LogP contribution in [-0.2, 0) is 0 Å². The zero-order valence-electron chi connectivity index (χ0n) is 10.4. The normalized spacial score (nSPS) is 20.2. The molecular weight excluding hydrogens is 237 g/mol. The highest BCUT2D eigenvalue weighted by Crippen LogP contribution is 2.36. The Bertz CT molecular complexity index is 393. The molecule has 1 aliphatic rings. The third kappa shape index (κ3) is 3.35. The van der Waals surface area contributed by atoms with Crippen molar-refractivity contribution in [2.45, 2.75) is 45.6 Å². The van der Waals surface area contributed by atoms with E-state index in [1.165, 1.54) is 18.9 Å². The van der Waals surface area contributed by atoms with E-state index in [1.807, 2.05) is 0 Å². The van der Waals surface area contributed by atoms with Crippen molar-refractivity contribution < 1.29 is 4.39 Å². The molecule has 0 unspecified atom stereocenters. The second-order valence-electron chi connectivity index (χ2n) is 5.71. The number of hydrogen-bond acceptors (Lipinski definition) is 1. The van der Waals surface area contributed by atoms with E-state index in [2.05, 4.69) is 19.2 Å². The van der Waals surface area contributed by atoms with Gasteiger partial charge in [0, 0.05) is 11.1 Å². The number of halogens is 2. The summed E-state index contributed by atoms with van der Waals surface area (Å²) in [6.45, 7) is 4.59. The Labute approximate surface area is 107 Å². The molecular formula is C14H19ClFN. The van der Waals surface area contributed by atoms with Gasteiger partial charge in [-0.3, -0.25) is 0 Å². The molecule has 0 radical (unpaired) electrons. The van der Waals surface area contributed by atoms with Crippen LogP contribution in [0.3, 0.4) is 0 Å². The first-order valence-electron chi connectivity index (χ1n) is 6.18. The third-order valence-electron chi connectivity index (χ3n) is 3.63. The number of rotatable bonds is 2. The van der Waals surface area contributed by atoms with Gasteiger partial charge in [0.2, 0.25) is 0 Å². The van der Waals surface area contributed by atoms with Crippen molar-refractivity contribution in [1.29, 1.82) is 0 Å². The van der Waals surface area contributed by atoms with E-state index in [-0.39, 0.29) is 5.82 Å². The Morgan fingerprint density at radius 1 is 1.29 bits per heavy atom. The van der Waals surface area contributed by atoms with Crippen LogP contribution in [0, 0.1) is 11.2 Å². The molecule has 1 nitrogen and oxygen atoms in total. The Morgan fingerprint density at radius 2 is 1.94 bits per heavy atom. The second kappa shape index (κ2) is 4.85. The SMILES string of the molecule is CC1(C)CCC(Nc2cc(Cl)ccc2F)CC1. The van der Waals surface area contributed by atoms with Gasteiger partial charge < -0.3 is 5.32 Å². The molecule has 0 aliphatic heterocycles. The van der Waals surface area contributed by atoms with Crippen molar-refractivity contribution in [3.05, 3.63) is 29.0 Å². The molecule has 0 bridgehead atoms. The molecule has 1 N–H and O–H groups in total. The lowest BCUT2D eigenvalue weighted by Crippen LogP contribution is -2.30. The molecule has 94 valence electrons. The van der Waals surface area contributed by atoms with E-state index >= 15 is 0 Å². The Hall–Kier alpha value is -0.760. The van der Waals surface area contributed by atoms with Gasteiger partial charge in [0.05, 0.1) is 5.69 Å². The topological polar surface area (TPSA) is 12.0 Å². The quantitative estimate of drug-likeness (QED) is 0.796. The smallest absolute Gasteiger partial charge is 0.146 e. The Kier molecular flexibility index (Phi) is 3.62. The first kappa shape index (κ1) is 12.7. The third-order valence-corrected chi connectivity index (χ3v) is 3.86. The fourth-order valence-electron chi connectivity index (χ4n) is 2.37. The van der Waals surface area contributed by atoms with Crippen molar-refractivity contribution >= 4 is 17.3 Å². The molecule has 1 saturated carbocycles. The minimum atomic E-state index is -0.223. The number of nitrogens with one attached hydrogen (secondary N) is 1. The Morgan fingerprint density at radius 3 is 2.59 bits per heavy atom. The maximum Gasteiger partial charge on any atom is 0.146 e. The summed E-state index contributed by atoms with van der Waals surface area (Å²) in [4.78, 5) is 0. The summed E-state index contributed by atoms with van der Waals surface area (Å²) in [5.41, 5.74) is 0.965. The van der Waals surface area contributed by atoms with Crippen molar-refractivity contribution in [2.24, 2.45) is 5.41 Å². The van der Waals surface area contributed by atoms with Crippen LogP contribution in [0.4, 0.5) is 10.1 Å². The van der Waals surface area contributed by atoms with E-state index < -0.39 is 0 Å². The lowest BCUT2D eigenvalue weighted by Gasteiger charge is -2.35. The van der Waals surface area contributed by atoms with Gasteiger partial charge in [-0.05, 0) is 49.3 Å². The molecule has 0 atom stereocenters. The van der Waals surface area contributed by atoms with Gasteiger partial charge in [-0.1, -0.05) is 25.4 Å². The van der Waals surface area contributed by atoms with E-state index in [4.69, 9.17) is 11.6 Å². The molecule has 3 heteroatoms. The van der Waals surface area contributed by atoms with Crippen LogP contribution >= 0.6 is 11.6 Å². The van der Waals surface area contributed by atoms with Crippen LogP contribution < -0.4 is 5.32 Å². The van der Waals surface area contributed by atoms with Gasteiger partial charge in [0.1, 0.15) is 5.82 Å². The fraction of sp³-hybridized carbons (Fsp3) is 0.571. The molecule has 1 fully saturated rings. The molecule has 0 aromatic heterocycles. The first-order chi connectivity index (χ1) is 7.96. The van der Waals surface area contributed by atoms with E-state index in [9.17, 15) is 4.39 Å². The highest BCUT2D eigenvalue weighted by molar-refractivity contribution is 6.30. The fourth-order valence-corrected chi connectivity index (χ4v) is 2.54. The standard InChI is InChI=1S/C14H19ClFN/c1-14(2)7-5-11(6-8-14)17-13-9-10(15)3-4-12(13)16/h3-4,9,11,17H,5-8H2,1-2H3. The minimum absolute atomic E-state index is 0.223. The molecule has 0 heterocycles. The van der Waals surface area contributed by atoms with Gasteiger partial charge >= 0.3 is 0 Å². The lowest BCUT2D eigenvalue weighted by atomic mass is 9.75. The van der Waals surface area contributed by atoms with Crippen molar-refractivity contribution in [3.63, 3.8) is 0 Å². The van der Waals surface area contributed by atoms with E-state index in [1.54, 1.807) is 12.1 Å². The van der Waals surface area contributed by atoms with Crippen molar-refractivity contribution in [2.75, 3.05) is 5.32 Å². The highest BCUT2D eigenvalue weighted by Gasteiger charge is 2.26. The van der Waals surface area contributed by atoms with E-state index in [0.717, 1.165) is 12.8 Å². The predicted molar refractivity (Wildman–Crippen MR) is 71.1 cm³/mol. The largest absolute Gasteiger partial charge is 0.380 e. The summed E-state index contributed by atoms with van der Waals surface area (Å²) in [5, 5.41) is 3.84. The molecule has 2 rings (SSSR count). The molecule has 1 aromatic carbocycles. The van der Waals surface area contributed by atoms with Gasteiger partial charge in [-0.25, -0.2) is 4.39 Å². The number of benzene rings is 1. The zero-order chi connectivity index (χ0) is 12.5. The molecule has 0 saturated heterocycles. The maximum atomic E-state index is 13.6. The van der Waals surface area contributed by atoms with Crippen LogP contribution in [0.2, 0.25) is 5.02 Å². The summed E-state index contributed by atoms with van der Waals surface area (Å²) in [6.07, 6.45) is 4.57. The van der Waals surface area contributed by atoms with Crippen LogP contribution in [-0.4, -0.2) is 6.04 Å². The van der Waals surface area contributed by atoms with Crippen LogP contribution in [0.25, 0.3) is 0 Å². The predicted octanol–water partition coefficient (Wildman–Crippen LogP) is 4.86. The van der Waals surface area contributed by atoms with Gasteiger partial charge in [0.25, 0.3) is 0 Å². The average Bonchev–Trinajstić information content (AvgIpc) is 2.26. The maximum absolute atomic E-state index is 13.6. The molecule has 1 aliphatic carbocycles. The summed E-state index contributed by atoms with van der Waals surface area (Å²) < 4.78 is 13.6. The summed E-state index contributed by atoms with van der Waals surface area (Å²) in [5.74, 6) is -0.223. The van der Waals surface area contributed by atoms with Gasteiger partial charge in [-0.15, -0.1) is 0 Å². The number of anilines is 1. The average molecular weight is 256 g/mol. The zero-order valence-corrected chi connectivity index (χ0v) is 11.1. The second-order valence-corrected chi connectivity index (χ2v) is 6.14. The van der Waals surface area contributed by atoms with Crippen molar-refractivity contribution in [1.82, 2.24) is 0 Å². The first-order valence-corrected chi connectivity index (χ1v) is 6.56. The summed E-state index contributed by atoms with van der Waals surface area (Å²) in [6, 6.07) is 5.02. The summed E-state index contributed by atoms with van der Waals surface area (Å²) >= 11 is 5.87. The van der Waals surface area contributed by atoms with Crippen LogP contribution in [0.5, 0.6) is 0 Å². The minimum Gasteiger partial charge on any atom is -0.380 e.